The first-order chi connectivity index (χ1) is 10.8. The van der Waals surface area contributed by atoms with E-state index in [9.17, 15) is 4.79 Å². The number of carbonyl (C=O) groups is 1. The molecule has 2 N–H and O–H groups in total. The number of thiazole rings is 1. The number of aromatic nitrogens is 1. The monoisotopic (exact) mass is 311 g/mol. The quantitative estimate of drug-likeness (QED) is 0.733. The van der Waals surface area contributed by atoms with Crippen LogP contribution in [0.15, 0.2) is 54.6 Å². The van der Waals surface area contributed by atoms with E-state index in [-0.39, 0.29) is 5.91 Å². The minimum Gasteiger partial charge on any atom is -0.361 e. The van der Waals surface area contributed by atoms with Crippen LogP contribution in [0, 0.1) is 0 Å². The van der Waals surface area contributed by atoms with Crippen molar-refractivity contribution in [3.8, 4) is 0 Å². The van der Waals surface area contributed by atoms with Gasteiger partial charge in [0.05, 0.1) is 10.2 Å². The molecule has 0 spiro atoms. The van der Waals surface area contributed by atoms with Crippen molar-refractivity contribution in [1.29, 1.82) is 0 Å². The number of hydrogen-bond donors (Lipinski definition) is 2. The van der Waals surface area contributed by atoms with Gasteiger partial charge in [0.2, 0.25) is 5.91 Å². The van der Waals surface area contributed by atoms with Gasteiger partial charge in [0.25, 0.3) is 0 Å². The summed E-state index contributed by atoms with van der Waals surface area (Å²) in [5.74, 6) is 0.0393. The molecule has 0 aliphatic carbocycles. The first kappa shape index (κ1) is 14.5. The van der Waals surface area contributed by atoms with Crippen LogP contribution in [0.5, 0.6) is 0 Å². The highest BCUT2D eigenvalue weighted by molar-refractivity contribution is 7.22. The highest BCUT2D eigenvalue weighted by atomic mass is 32.1. The number of amides is 1. The van der Waals surface area contributed by atoms with Crippen molar-refractivity contribution >= 4 is 32.6 Å². The maximum atomic E-state index is 11.8. The van der Waals surface area contributed by atoms with E-state index in [0.29, 0.717) is 19.5 Å². The lowest BCUT2D eigenvalue weighted by molar-refractivity contribution is -0.121. The van der Waals surface area contributed by atoms with Crippen molar-refractivity contribution in [1.82, 2.24) is 10.3 Å². The van der Waals surface area contributed by atoms with Crippen LogP contribution in [0.1, 0.15) is 12.0 Å². The van der Waals surface area contributed by atoms with Crippen molar-refractivity contribution in [2.24, 2.45) is 0 Å². The summed E-state index contributed by atoms with van der Waals surface area (Å²) >= 11 is 1.61. The normalized spacial score (nSPS) is 10.5. The molecule has 0 saturated carbocycles. The largest absolute Gasteiger partial charge is 0.361 e. The van der Waals surface area contributed by atoms with Gasteiger partial charge < -0.3 is 10.6 Å². The number of nitrogens with one attached hydrogen (secondary N) is 2. The molecule has 0 atom stereocenters. The lowest BCUT2D eigenvalue weighted by atomic mass is 10.2. The maximum Gasteiger partial charge on any atom is 0.222 e. The number of para-hydroxylation sites is 1. The first-order valence-electron chi connectivity index (χ1n) is 7.21. The maximum absolute atomic E-state index is 11.8. The third-order valence-corrected chi connectivity index (χ3v) is 4.25. The molecule has 0 saturated heterocycles. The van der Waals surface area contributed by atoms with E-state index in [1.165, 1.54) is 0 Å². The zero-order valence-electron chi connectivity index (χ0n) is 12.1. The average Bonchev–Trinajstić information content (AvgIpc) is 2.96. The molecule has 3 aromatic rings. The Kier molecular flexibility index (Phi) is 4.65. The Balaban J connectivity index is 1.43. The summed E-state index contributed by atoms with van der Waals surface area (Å²) < 4.78 is 1.15. The molecule has 0 unspecified atom stereocenters. The molecule has 0 fully saturated rings. The lowest BCUT2D eigenvalue weighted by Gasteiger charge is -2.05. The van der Waals surface area contributed by atoms with Crippen LogP contribution in [-0.4, -0.2) is 17.4 Å². The fraction of sp³-hybridized carbons (Fsp3) is 0.176. The Morgan fingerprint density at radius 3 is 2.64 bits per heavy atom. The minimum absolute atomic E-state index is 0.0393. The van der Waals surface area contributed by atoms with Crippen molar-refractivity contribution in [3.05, 3.63) is 60.2 Å². The second-order valence-electron chi connectivity index (χ2n) is 4.93. The van der Waals surface area contributed by atoms with Gasteiger partial charge in [-0.25, -0.2) is 4.98 Å². The molecular weight excluding hydrogens is 294 g/mol. The molecule has 1 heterocycles. The van der Waals surface area contributed by atoms with Gasteiger partial charge in [-0.3, -0.25) is 4.79 Å². The van der Waals surface area contributed by atoms with Gasteiger partial charge in [-0.2, -0.15) is 0 Å². The standard InChI is InChI=1S/C17H17N3OS/c21-16(19-12-13-6-2-1-3-7-13)10-11-18-17-20-14-8-4-5-9-15(14)22-17/h1-9H,10-12H2,(H,18,20)(H,19,21). The van der Waals surface area contributed by atoms with Crippen LogP contribution in [0.25, 0.3) is 10.2 Å². The zero-order chi connectivity index (χ0) is 15.2. The van der Waals surface area contributed by atoms with Crippen LogP contribution >= 0.6 is 11.3 Å². The number of benzene rings is 2. The van der Waals surface area contributed by atoms with Crippen LogP contribution in [-0.2, 0) is 11.3 Å². The molecule has 5 heteroatoms. The lowest BCUT2D eigenvalue weighted by Crippen LogP contribution is -2.24. The van der Waals surface area contributed by atoms with E-state index in [1.807, 2.05) is 54.6 Å². The Labute approximate surface area is 133 Å². The summed E-state index contributed by atoms with van der Waals surface area (Å²) in [4.78, 5) is 16.3. The second kappa shape index (κ2) is 7.04. The predicted molar refractivity (Wildman–Crippen MR) is 91.0 cm³/mol. The third kappa shape index (κ3) is 3.83. The Morgan fingerprint density at radius 1 is 1.05 bits per heavy atom. The Bertz CT molecular complexity index is 722. The molecule has 0 radical (unpaired) electrons. The van der Waals surface area contributed by atoms with Crippen molar-refractivity contribution in [2.45, 2.75) is 13.0 Å². The molecule has 112 valence electrons. The first-order valence-corrected chi connectivity index (χ1v) is 8.03. The van der Waals surface area contributed by atoms with Gasteiger partial charge in [0.15, 0.2) is 5.13 Å². The highest BCUT2D eigenvalue weighted by Crippen LogP contribution is 2.25. The van der Waals surface area contributed by atoms with Crippen molar-refractivity contribution < 1.29 is 4.79 Å². The van der Waals surface area contributed by atoms with Crippen LogP contribution in [0.3, 0.4) is 0 Å². The second-order valence-corrected chi connectivity index (χ2v) is 5.96. The number of carbonyl (C=O) groups excluding carboxylic acids is 1. The zero-order valence-corrected chi connectivity index (χ0v) is 12.9. The van der Waals surface area contributed by atoms with E-state index in [1.54, 1.807) is 11.3 Å². The molecule has 2 aromatic carbocycles. The van der Waals surface area contributed by atoms with E-state index >= 15 is 0 Å². The fourth-order valence-electron chi connectivity index (χ4n) is 2.12. The van der Waals surface area contributed by atoms with Crippen LogP contribution < -0.4 is 10.6 Å². The molecule has 4 nitrogen and oxygen atoms in total. The predicted octanol–water partition coefficient (Wildman–Crippen LogP) is 3.41. The molecule has 1 amide bonds. The Morgan fingerprint density at radius 2 is 1.82 bits per heavy atom. The van der Waals surface area contributed by atoms with Crippen LogP contribution in [0.4, 0.5) is 5.13 Å². The van der Waals surface area contributed by atoms with E-state index in [2.05, 4.69) is 15.6 Å². The molecule has 0 aliphatic rings. The highest BCUT2D eigenvalue weighted by Gasteiger charge is 2.04. The number of hydrogen-bond acceptors (Lipinski definition) is 4. The number of rotatable bonds is 6. The van der Waals surface area contributed by atoms with Gasteiger partial charge in [0, 0.05) is 19.5 Å². The van der Waals surface area contributed by atoms with E-state index < -0.39 is 0 Å². The Hall–Kier alpha value is -2.40. The van der Waals surface area contributed by atoms with Gasteiger partial charge >= 0.3 is 0 Å². The van der Waals surface area contributed by atoms with Crippen molar-refractivity contribution in [2.75, 3.05) is 11.9 Å². The van der Waals surface area contributed by atoms with E-state index in [0.717, 1.165) is 20.9 Å². The summed E-state index contributed by atoms with van der Waals surface area (Å²) in [5, 5.41) is 6.98. The molecule has 0 aliphatic heterocycles. The molecule has 1 aromatic heterocycles. The summed E-state index contributed by atoms with van der Waals surface area (Å²) in [6.45, 7) is 1.15. The average molecular weight is 311 g/mol. The van der Waals surface area contributed by atoms with Crippen LogP contribution in [0.2, 0.25) is 0 Å². The van der Waals surface area contributed by atoms with Gasteiger partial charge in [0.1, 0.15) is 0 Å². The smallest absolute Gasteiger partial charge is 0.222 e. The fourth-order valence-corrected chi connectivity index (χ4v) is 3.01. The molecule has 22 heavy (non-hydrogen) atoms. The SMILES string of the molecule is O=C(CCNc1nc2ccccc2s1)NCc1ccccc1. The van der Waals surface area contributed by atoms with Crippen molar-refractivity contribution in [3.63, 3.8) is 0 Å². The number of fused-ring (bicyclic) bond motifs is 1. The van der Waals surface area contributed by atoms with Gasteiger partial charge in [-0.1, -0.05) is 53.8 Å². The summed E-state index contributed by atoms with van der Waals surface area (Å²) in [6.07, 6.45) is 0.433. The molecule has 3 rings (SSSR count). The molecular formula is C17H17N3OS. The topological polar surface area (TPSA) is 54.0 Å². The summed E-state index contributed by atoms with van der Waals surface area (Å²) in [5.41, 5.74) is 2.10. The number of nitrogens with zero attached hydrogens (tertiary/aromatic N) is 1. The summed E-state index contributed by atoms with van der Waals surface area (Å²) in [7, 11) is 0. The minimum atomic E-state index is 0.0393. The number of anilines is 1. The summed E-state index contributed by atoms with van der Waals surface area (Å²) in [6, 6.07) is 17.9. The van der Waals surface area contributed by atoms with Gasteiger partial charge in [-0.05, 0) is 17.7 Å². The van der Waals surface area contributed by atoms with E-state index in [4.69, 9.17) is 0 Å². The molecule has 0 bridgehead atoms. The third-order valence-electron chi connectivity index (χ3n) is 3.25. The van der Waals surface area contributed by atoms with Gasteiger partial charge in [-0.15, -0.1) is 0 Å².